The van der Waals surface area contributed by atoms with Crippen molar-refractivity contribution in [2.75, 3.05) is 0 Å². The van der Waals surface area contributed by atoms with Crippen LogP contribution in [0.4, 0.5) is 0 Å². The molecular weight excluding hydrogens is 634 g/mol. The lowest BCUT2D eigenvalue weighted by Gasteiger charge is -2.07. The first kappa shape index (κ1) is 41.7. The molecule has 4 rings (SSSR count). The van der Waals surface area contributed by atoms with E-state index in [2.05, 4.69) is 4.98 Å². The number of nitrogens with two attached hydrogens (primary N) is 4. The van der Waals surface area contributed by atoms with Crippen LogP contribution in [0.5, 0.6) is 5.75 Å². The molecule has 4 unspecified atom stereocenters. The topological polar surface area (TPSA) is 289 Å². The standard InChI is InChI=1S/C11H12N2O2.C9H11NO3.C9H11NO2.C6H13NO2/c12-9(11(14)15)5-7-6-13-10-4-2-1-3-8(7)10;10-8(9(12)13)5-6-1-3-7(11)4-2-6;10-8(9(11)12)6-7-4-2-1-3-5-7;1-4(2)3-5(7)6(8)9/h1-4,6,9,13H,5,12H2,(H,14,15);1-4,8,11H,5,10H2,(H,12,13);1-5,8H,6,10H2,(H,11,12);4-5H,3,7H2,1-2H3,(H,8,9). The Morgan fingerprint density at radius 2 is 1.02 bits per heavy atom. The number of para-hydroxylation sites is 1. The van der Waals surface area contributed by atoms with Crippen LogP contribution in [0.1, 0.15) is 37.0 Å². The van der Waals surface area contributed by atoms with Crippen LogP contribution in [0, 0.1) is 5.92 Å². The van der Waals surface area contributed by atoms with Crippen molar-refractivity contribution in [1.82, 2.24) is 4.98 Å². The zero-order chi connectivity index (χ0) is 37.1. The summed E-state index contributed by atoms with van der Waals surface area (Å²) >= 11 is 0. The lowest BCUT2D eigenvalue weighted by atomic mass is 10.1. The highest BCUT2D eigenvalue weighted by molar-refractivity contribution is 5.84. The van der Waals surface area contributed by atoms with E-state index in [9.17, 15) is 19.2 Å². The third-order valence-electron chi connectivity index (χ3n) is 6.80. The minimum atomic E-state index is -1.02. The van der Waals surface area contributed by atoms with E-state index >= 15 is 0 Å². The van der Waals surface area contributed by atoms with E-state index in [1.807, 2.05) is 74.6 Å². The quantitative estimate of drug-likeness (QED) is 0.103. The number of H-pyrrole nitrogens is 1. The smallest absolute Gasteiger partial charge is 0.320 e. The van der Waals surface area contributed by atoms with Crippen LogP contribution in [-0.4, -0.2) is 78.6 Å². The number of carboxylic acids is 4. The number of rotatable bonds is 12. The average molecular weight is 682 g/mol. The molecule has 0 aliphatic heterocycles. The first-order chi connectivity index (χ1) is 23.0. The van der Waals surface area contributed by atoms with Crippen molar-refractivity contribution in [2.45, 2.75) is 63.7 Å². The number of aromatic amines is 1. The summed E-state index contributed by atoms with van der Waals surface area (Å²) in [6, 6.07) is 20.2. The lowest BCUT2D eigenvalue weighted by molar-refractivity contribution is -0.139. The first-order valence-corrected chi connectivity index (χ1v) is 15.3. The van der Waals surface area contributed by atoms with Gasteiger partial charge in [0.1, 0.15) is 29.9 Å². The Bertz CT molecular complexity index is 1590. The number of benzene rings is 3. The minimum Gasteiger partial charge on any atom is -0.508 e. The van der Waals surface area contributed by atoms with Gasteiger partial charge in [-0.15, -0.1) is 0 Å². The van der Waals surface area contributed by atoms with Crippen LogP contribution in [0.2, 0.25) is 0 Å². The third-order valence-corrected chi connectivity index (χ3v) is 6.80. The maximum Gasteiger partial charge on any atom is 0.320 e. The van der Waals surface area contributed by atoms with E-state index in [-0.39, 0.29) is 12.2 Å². The molecule has 14 nitrogen and oxygen atoms in total. The van der Waals surface area contributed by atoms with Crippen LogP contribution < -0.4 is 22.9 Å². The van der Waals surface area contributed by atoms with E-state index in [1.54, 1.807) is 12.1 Å². The predicted molar refractivity (Wildman–Crippen MR) is 186 cm³/mol. The van der Waals surface area contributed by atoms with Crippen molar-refractivity contribution in [2.24, 2.45) is 28.9 Å². The van der Waals surface area contributed by atoms with Gasteiger partial charge in [0, 0.05) is 23.5 Å². The third kappa shape index (κ3) is 16.9. The van der Waals surface area contributed by atoms with Gasteiger partial charge < -0.3 is 53.5 Å². The molecule has 4 aromatic rings. The SMILES string of the molecule is CC(C)CC(N)C(=O)O.NC(Cc1c[nH]c2ccccc12)C(=O)O.NC(Cc1ccc(O)cc1)C(=O)O.NC(Cc1ccccc1)C(=O)O. The predicted octanol–water partition coefficient (Wildman–Crippen LogP) is 2.55. The molecule has 266 valence electrons. The number of hydrogen-bond donors (Lipinski definition) is 10. The molecule has 49 heavy (non-hydrogen) atoms. The molecule has 0 bridgehead atoms. The van der Waals surface area contributed by atoms with Gasteiger partial charge in [-0.1, -0.05) is 74.5 Å². The summed E-state index contributed by atoms with van der Waals surface area (Å²) in [4.78, 5) is 44.6. The highest BCUT2D eigenvalue weighted by Crippen LogP contribution is 2.18. The molecular formula is C35H47N5O9. The largest absolute Gasteiger partial charge is 0.508 e. The van der Waals surface area contributed by atoms with Gasteiger partial charge in [0.25, 0.3) is 0 Å². The first-order valence-electron chi connectivity index (χ1n) is 15.3. The van der Waals surface area contributed by atoms with E-state index in [1.165, 1.54) is 12.1 Å². The molecule has 3 aromatic carbocycles. The van der Waals surface area contributed by atoms with Crippen LogP contribution in [-0.2, 0) is 38.4 Å². The van der Waals surface area contributed by atoms with Gasteiger partial charge in [0.2, 0.25) is 0 Å². The number of aromatic nitrogens is 1. The number of phenolic OH excluding ortho intramolecular Hbond substituents is 1. The second kappa shape index (κ2) is 21.6. The number of phenols is 1. The molecule has 1 heterocycles. The number of aliphatic carboxylic acids is 4. The maximum atomic E-state index is 10.6. The maximum absolute atomic E-state index is 10.6. The molecule has 0 saturated carbocycles. The monoisotopic (exact) mass is 681 g/mol. The highest BCUT2D eigenvalue weighted by Gasteiger charge is 2.15. The Balaban J connectivity index is 0.000000332. The molecule has 0 spiro atoms. The Morgan fingerprint density at radius 3 is 1.47 bits per heavy atom. The molecule has 0 aliphatic rings. The zero-order valence-corrected chi connectivity index (χ0v) is 27.5. The summed E-state index contributed by atoms with van der Waals surface area (Å²) in [6.45, 7) is 3.89. The van der Waals surface area contributed by atoms with E-state index < -0.39 is 48.0 Å². The van der Waals surface area contributed by atoms with Crippen molar-refractivity contribution >= 4 is 34.8 Å². The van der Waals surface area contributed by atoms with Gasteiger partial charge in [0.05, 0.1) is 0 Å². The number of aromatic hydroxyl groups is 1. The molecule has 4 atom stereocenters. The van der Waals surface area contributed by atoms with E-state index in [0.717, 1.165) is 27.6 Å². The zero-order valence-electron chi connectivity index (χ0n) is 27.5. The normalized spacial score (nSPS) is 12.8. The summed E-state index contributed by atoms with van der Waals surface area (Å²) in [6.07, 6.45) is 3.37. The van der Waals surface area contributed by atoms with E-state index in [4.69, 9.17) is 48.5 Å². The molecule has 0 fully saturated rings. The number of nitrogens with one attached hydrogen (secondary N) is 1. The Labute approximate surface area is 284 Å². The Kier molecular flexibility index (Phi) is 18.4. The van der Waals surface area contributed by atoms with Gasteiger partial charge in [-0.2, -0.15) is 0 Å². The van der Waals surface area contributed by atoms with Crippen LogP contribution in [0.15, 0.2) is 85.1 Å². The van der Waals surface area contributed by atoms with Crippen LogP contribution in [0.25, 0.3) is 10.9 Å². The van der Waals surface area contributed by atoms with Crippen molar-refractivity contribution in [3.8, 4) is 5.75 Å². The summed E-state index contributed by atoms with van der Waals surface area (Å²) in [5, 5.41) is 44.1. The molecule has 0 radical (unpaired) electrons. The fourth-order valence-electron chi connectivity index (χ4n) is 4.16. The minimum absolute atomic E-state index is 0.160. The van der Waals surface area contributed by atoms with Crippen molar-refractivity contribution in [3.63, 3.8) is 0 Å². The second-order valence-electron chi connectivity index (χ2n) is 11.5. The second-order valence-corrected chi connectivity index (χ2v) is 11.5. The number of hydrogen-bond acceptors (Lipinski definition) is 9. The molecule has 0 aliphatic carbocycles. The molecule has 14 heteroatoms. The van der Waals surface area contributed by atoms with Gasteiger partial charge in [-0.05, 0) is 60.1 Å². The summed E-state index contributed by atoms with van der Waals surface area (Å²) in [5.41, 5.74) is 25.1. The van der Waals surface area contributed by atoms with Crippen molar-refractivity contribution in [3.05, 3.63) is 102 Å². The number of carboxylic acid groups (broad SMARTS) is 4. The molecule has 0 amide bonds. The van der Waals surface area contributed by atoms with Crippen LogP contribution in [0.3, 0.4) is 0 Å². The summed E-state index contributed by atoms with van der Waals surface area (Å²) < 4.78 is 0. The lowest BCUT2D eigenvalue weighted by Crippen LogP contribution is -2.32. The molecule has 1 aromatic heterocycles. The molecule has 0 saturated heterocycles. The number of carbonyl (C=O) groups is 4. The van der Waals surface area contributed by atoms with E-state index in [0.29, 0.717) is 25.2 Å². The fourth-order valence-corrected chi connectivity index (χ4v) is 4.16. The van der Waals surface area contributed by atoms with Gasteiger partial charge in [0.15, 0.2) is 0 Å². The fraction of sp³-hybridized carbons (Fsp3) is 0.314. The van der Waals surface area contributed by atoms with Gasteiger partial charge in [-0.3, -0.25) is 19.2 Å². The summed E-state index contributed by atoms with van der Waals surface area (Å²) in [7, 11) is 0. The van der Waals surface area contributed by atoms with Crippen LogP contribution >= 0.6 is 0 Å². The van der Waals surface area contributed by atoms with Crippen molar-refractivity contribution in [1.29, 1.82) is 0 Å². The number of fused-ring (bicyclic) bond motifs is 1. The molecule has 14 N–H and O–H groups in total. The van der Waals surface area contributed by atoms with Gasteiger partial charge in [-0.25, -0.2) is 0 Å². The Morgan fingerprint density at radius 1 is 0.592 bits per heavy atom. The summed E-state index contributed by atoms with van der Waals surface area (Å²) in [5.74, 6) is -3.35. The average Bonchev–Trinajstić information content (AvgIpc) is 3.45. The van der Waals surface area contributed by atoms with Crippen molar-refractivity contribution < 1.29 is 44.7 Å². The van der Waals surface area contributed by atoms with Gasteiger partial charge >= 0.3 is 23.9 Å². The Hall–Kier alpha value is -5.28. The highest BCUT2D eigenvalue weighted by atomic mass is 16.4.